The molecule has 0 saturated carbocycles. The molecule has 1 saturated heterocycles. The number of sulfonamides is 1. The van der Waals surface area contributed by atoms with Crippen LogP contribution in [0.2, 0.25) is 0 Å². The van der Waals surface area contributed by atoms with E-state index in [1.54, 1.807) is 6.07 Å². The molecule has 1 aliphatic rings. The molecule has 1 heterocycles. The van der Waals surface area contributed by atoms with Crippen molar-refractivity contribution in [2.45, 2.75) is 24.2 Å². The molecule has 1 rings (SSSR count). The van der Waals surface area contributed by atoms with Crippen LogP contribution in [0.3, 0.4) is 0 Å². The van der Waals surface area contributed by atoms with Crippen LogP contribution >= 0.6 is 0 Å². The van der Waals surface area contributed by atoms with Gasteiger partial charge >= 0.3 is 0 Å². The lowest BCUT2D eigenvalue weighted by atomic mass is 10.1. The highest BCUT2D eigenvalue weighted by Crippen LogP contribution is 2.17. The number of nitrogens with one attached hydrogen (secondary N) is 1. The molecule has 2 atom stereocenters. The highest BCUT2D eigenvalue weighted by atomic mass is 32.2. The van der Waals surface area contributed by atoms with Gasteiger partial charge in [-0.25, -0.2) is 13.1 Å². The van der Waals surface area contributed by atoms with Crippen molar-refractivity contribution in [2.75, 3.05) is 19.8 Å². The summed E-state index contributed by atoms with van der Waals surface area (Å²) < 4.78 is 29.9. The van der Waals surface area contributed by atoms with E-state index in [0.29, 0.717) is 13.0 Å². The van der Waals surface area contributed by atoms with E-state index in [-0.39, 0.29) is 13.2 Å². The highest BCUT2D eigenvalue weighted by molar-refractivity contribution is 7.90. The summed E-state index contributed by atoms with van der Waals surface area (Å²) in [4.78, 5) is 0. The first-order chi connectivity index (χ1) is 6.90. The van der Waals surface area contributed by atoms with Crippen LogP contribution in [0.5, 0.6) is 0 Å². The largest absolute Gasteiger partial charge is 0.386 e. The van der Waals surface area contributed by atoms with Crippen LogP contribution < -0.4 is 4.72 Å². The lowest BCUT2D eigenvalue weighted by molar-refractivity contribution is 0.0314. The van der Waals surface area contributed by atoms with Gasteiger partial charge in [0.05, 0.1) is 12.7 Å². The Morgan fingerprint density at radius 3 is 2.87 bits per heavy atom. The van der Waals surface area contributed by atoms with E-state index in [1.165, 1.54) is 6.92 Å². The molecule has 0 bridgehead atoms. The first-order valence-corrected chi connectivity index (χ1v) is 6.12. The third-order valence-electron chi connectivity index (χ3n) is 2.33. The lowest BCUT2D eigenvalue weighted by Crippen LogP contribution is -2.45. The summed E-state index contributed by atoms with van der Waals surface area (Å²) in [6.07, 6.45) is 0.399. The fourth-order valence-corrected chi connectivity index (χ4v) is 2.02. The van der Waals surface area contributed by atoms with E-state index in [4.69, 9.17) is 10.00 Å². The molecule has 2 unspecified atom stereocenters. The SMILES string of the molecule is CC(C#N)S(=O)(=O)NCC1(O)CCOC1. The number of hydrogen-bond donors (Lipinski definition) is 2. The lowest BCUT2D eigenvalue weighted by Gasteiger charge is -2.20. The number of nitriles is 1. The molecule has 15 heavy (non-hydrogen) atoms. The summed E-state index contributed by atoms with van der Waals surface area (Å²) in [5.74, 6) is 0. The van der Waals surface area contributed by atoms with Gasteiger partial charge in [-0.05, 0) is 6.92 Å². The smallest absolute Gasteiger partial charge is 0.227 e. The van der Waals surface area contributed by atoms with Gasteiger partial charge in [0, 0.05) is 19.6 Å². The van der Waals surface area contributed by atoms with Crippen LogP contribution in [0.25, 0.3) is 0 Å². The van der Waals surface area contributed by atoms with Crippen LogP contribution in [0.1, 0.15) is 13.3 Å². The summed E-state index contributed by atoms with van der Waals surface area (Å²) in [6.45, 7) is 1.72. The monoisotopic (exact) mass is 234 g/mol. The van der Waals surface area contributed by atoms with Gasteiger partial charge < -0.3 is 9.84 Å². The molecule has 1 fully saturated rings. The zero-order valence-corrected chi connectivity index (χ0v) is 9.25. The number of hydrogen-bond acceptors (Lipinski definition) is 5. The van der Waals surface area contributed by atoms with Gasteiger partial charge in [-0.1, -0.05) is 0 Å². The first-order valence-electron chi connectivity index (χ1n) is 4.58. The molecule has 0 aromatic rings. The number of ether oxygens (including phenoxy) is 1. The molecule has 0 aliphatic carbocycles. The minimum atomic E-state index is -3.66. The summed E-state index contributed by atoms with van der Waals surface area (Å²) in [7, 11) is -3.66. The van der Waals surface area contributed by atoms with E-state index in [2.05, 4.69) is 4.72 Å². The molecule has 0 amide bonds. The van der Waals surface area contributed by atoms with Crippen molar-refractivity contribution >= 4 is 10.0 Å². The van der Waals surface area contributed by atoms with Crippen LogP contribution in [0.4, 0.5) is 0 Å². The fraction of sp³-hybridized carbons (Fsp3) is 0.875. The predicted molar refractivity (Wildman–Crippen MR) is 52.4 cm³/mol. The molecule has 1 aliphatic heterocycles. The molecule has 6 nitrogen and oxygen atoms in total. The second-order valence-corrected chi connectivity index (χ2v) is 5.75. The van der Waals surface area contributed by atoms with Crippen LogP contribution in [-0.4, -0.2) is 44.1 Å². The van der Waals surface area contributed by atoms with E-state index < -0.39 is 20.9 Å². The molecule has 7 heteroatoms. The van der Waals surface area contributed by atoms with Gasteiger partial charge in [0.15, 0.2) is 5.25 Å². The van der Waals surface area contributed by atoms with E-state index in [1.807, 2.05) is 0 Å². The molecule has 0 aromatic heterocycles. The Labute approximate surface area is 88.9 Å². The van der Waals surface area contributed by atoms with Crippen molar-refractivity contribution < 1.29 is 18.3 Å². The highest BCUT2D eigenvalue weighted by Gasteiger charge is 2.34. The van der Waals surface area contributed by atoms with Gasteiger partial charge in [-0.3, -0.25) is 0 Å². The number of nitrogens with zero attached hydrogens (tertiary/aromatic N) is 1. The summed E-state index contributed by atoms with van der Waals surface area (Å²) in [6, 6.07) is 1.63. The second-order valence-electron chi connectivity index (χ2n) is 3.66. The van der Waals surface area contributed by atoms with Crippen molar-refractivity contribution in [1.29, 1.82) is 5.26 Å². The molecular weight excluding hydrogens is 220 g/mol. The standard InChI is InChI=1S/C8H14N2O4S/c1-7(4-9)15(12,13)10-5-8(11)2-3-14-6-8/h7,10-11H,2-3,5-6H2,1H3. The Morgan fingerprint density at radius 1 is 1.73 bits per heavy atom. The summed E-state index contributed by atoms with van der Waals surface area (Å²) in [5.41, 5.74) is -1.14. The molecule has 0 radical (unpaired) electrons. The first kappa shape index (κ1) is 12.4. The number of aliphatic hydroxyl groups is 1. The van der Waals surface area contributed by atoms with Crippen LogP contribution in [0, 0.1) is 11.3 Å². The predicted octanol–water partition coefficient (Wildman–Crippen LogP) is -1.03. The third-order valence-corrected chi connectivity index (χ3v) is 3.92. The quantitative estimate of drug-likeness (QED) is 0.648. The van der Waals surface area contributed by atoms with Crippen molar-refractivity contribution in [3.63, 3.8) is 0 Å². The Kier molecular flexibility index (Phi) is 3.67. The maximum atomic E-state index is 11.4. The van der Waals surface area contributed by atoms with Gasteiger partial charge in [-0.15, -0.1) is 0 Å². The van der Waals surface area contributed by atoms with Crippen molar-refractivity contribution in [2.24, 2.45) is 0 Å². The van der Waals surface area contributed by atoms with Gasteiger partial charge in [0.2, 0.25) is 10.0 Å². The van der Waals surface area contributed by atoms with E-state index in [0.717, 1.165) is 0 Å². The third kappa shape index (κ3) is 3.14. The summed E-state index contributed by atoms with van der Waals surface area (Å²) >= 11 is 0. The molecule has 2 N–H and O–H groups in total. The molecule has 86 valence electrons. The molecule has 0 aromatic carbocycles. The Balaban J connectivity index is 2.53. The minimum absolute atomic E-state index is 0.110. The van der Waals surface area contributed by atoms with E-state index in [9.17, 15) is 13.5 Å². The fourth-order valence-electron chi connectivity index (χ4n) is 1.17. The van der Waals surface area contributed by atoms with Crippen molar-refractivity contribution in [1.82, 2.24) is 4.72 Å². The number of rotatable bonds is 4. The maximum Gasteiger partial charge on any atom is 0.227 e. The second kappa shape index (κ2) is 4.45. The zero-order valence-electron chi connectivity index (χ0n) is 8.43. The van der Waals surface area contributed by atoms with Crippen molar-refractivity contribution in [3.8, 4) is 6.07 Å². The van der Waals surface area contributed by atoms with Crippen LogP contribution in [0.15, 0.2) is 0 Å². The summed E-state index contributed by atoms with van der Waals surface area (Å²) in [5, 5.41) is 17.1. The van der Waals surface area contributed by atoms with E-state index >= 15 is 0 Å². The normalized spacial score (nSPS) is 28.6. The molecule has 0 spiro atoms. The Morgan fingerprint density at radius 2 is 2.40 bits per heavy atom. The average molecular weight is 234 g/mol. The average Bonchev–Trinajstić information content (AvgIpc) is 2.62. The van der Waals surface area contributed by atoms with Gasteiger partial charge in [-0.2, -0.15) is 5.26 Å². The van der Waals surface area contributed by atoms with Crippen LogP contribution in [-0.2, 0) is 14.8 Å². The van der Waals surface area contributed by atoms with Gasteiger partial charge in [0.1, 0.15) is 5.60 Å². The Hall–Kier alpha value is -0.680. The maximum absolute atomic E-state index is 11.4. The minimum Gasteiger partial charge on any atom is -0.386 e. The zero-order chi connectivity index (χ0) is 11.5. The van der Waals surface area contributed by atoms with Gasteiger partial charge in [0.25, 0.3) is 0 Å². The molecular formula is C8H14N2O4S. The Bertz CT molecular complexity index is 353. The van der Waals surface area contributed by atoms with Crippen molar-refractivity contribution in [3.05, 3.63) is 0 Å². The topological polar surface area (TPSA) is 99.4 Å².